The number of pyridine rings is 10. The van der Waals surface area contributed by atoms with E-state index in [1.54, 1.807) is 37.6 Å². The summed E-state index contributed by atoms with van der Waals surface area (Å²) in [7, 11) is 0. The molecule has 0 amide bonds. The van der Waals surface area contributed by atoms with E-state index < -0.39 is 11.7 Å². The molecule has 0 bridgehead atoms. The van der Waals surface area contributed by atoms with Crippen molar-refractivity contribution in [3.05, 3.63) is 293 Å². The molecule has 0 aliphatic rings. The lowest BCUT2D eigenvalue weighted by atomic mass is 10.2. The summed E-state index contributed by atoms with van der Waals surface area (Å²) >= 11 is 27.8. The lowest BCUT2D eigenvalue weighted by molar-refractivity contribution is -0.137. The van der Waals surface area contributed by atoms with Gasteiger partial charge in [0, 0.05) is 102 Å². The van der Waals surface area contributed by atoms with Gasteiger partial charge in [0.25, 0.3) is 0 Å². The SMILES string of the molecule is Cc1ccc(C)nc1.Cc1ccc(C)nc1.Cc1ccc(Cl)c(Cl)n1.Cc1cccc(C)n1.Cc1ccccn1.Cc1cccnc1.Cc1ccnc(C)c1.Cc1cnc(Cl)c(Cl)c1.Cc1cncc(C)c1.Cc1ncc(C(F)(F)F)cc1Cl. The van der Waals surface area contributed by atoms with Crippen LogP contribution in [0.3, 0.4) is 0 Å². The second-order valence-electron chi connectivity index (χ2n) is 18.7. The molecule has 0 N–H and O–H groups in total. The van der Waals surface area contributed by atoms with Gasteiger partial charge in [-0.05, 0) is 222 Å². The highest BCUT2D eigenvalue weighted by Crippen LogP contribution is 2.30. The predicted octanol–water partition coefficient (Wildman–Crippen LogP) is 19.7. The predicted molar refractivity (Wildman–Crippen MR) is 343 cm³/mol. The maximum Gasteiger partial charge on any atom is 0.417 e. The topological polar surface area (TPSA) is 129 Å². The second-order valence-corrected chi connectivity index (χ2v) is 20.6. The van der Waals surface area contributed by atoms with Crippen LogP contribution in [0.4, 0.5) is 13.2 Å². The minimum absolute atomic E-state index is 0.0322. The molecule has 10 rings (SSSR count). The molecule has 0 saturated heterocycles. The minimum atomic E-state index is -4.37. The van der Waals surface area contributed by atoms with Crippen LogP contribution >= 0.6 is 58.0 Å². The number of alkyl halides is 3. The summed E-state index contributed by atoms with van der Waals surface area (Å²) < 4.78 is 36.0. The zero-order valence-electron chi connectivity index (χ0n) is 50.2. The van der Waals surface area contributed by atoms with Gasteiger partial charge in [0.05, 0.1) is 26.3 Å². The summed E-state index contributed by atoms with van der Waals surface area (Å²) in [5.41, 5.74) is 15.3. The third-order valence-electron chi connectivity index (χ3n) is 10.1. The molecule has 0 aliphatic carbocycles. The summed E-state index contributed by atoms with van der Waals surface area (Å²) in [6, 6.07) is 36.3. The van der Waals surface area contributed by atoms with E-state index in [1.165, 1.54) is 33.4 Å². The Morgan fingerprint density at radius 2 is 0.798 bits per heavy atom. The van der Waals surface area contributed by atoms with E-state index in [9.17, 15) is 13.2 Å². The Balaban J connectivity index is 0.000000468. The van der Waals surface area contributed by atoms with Crippen LogP contribution in [-0.2, 0) is 6.18 Å². The van der Waals surface area contributed by atoms with E-state index in [1.807, 2.05) is 200 Å². The molecular weight excluding hydrogens is 1170 g/mol. The van der Waals surface area contributed by atoms with Gasteiger partial charge in [0.2, 0.25) is 0 Å². The van der Waals surface area contributed by atoms with Gasteiger partial charge in [-0.15, -0.1) is 0 Å². The van der Waals surface area contributed by atoms with Crippen molar-refractivity contribution >= 4 is 58.0 Å². The summed E-state index contributed by atoms with van der Waals surface area (Å²) in [6.07, 6.45) is 12.7. The molecule has 0 aliphatic heterocycles. The van der Waals surface area contributed by atoms with E-state index in [0.717, 1.165) is 57.7 Å². The Kier molecular flexibility index (Phi) is 37.1. The van der Waals surface area contributed by atoms with E-state index in [0.29, 0.717) is 26.0 Å². The molecular formula is C66H74Cl5F3N10. The number of halogens is 8. The first-order valence-corrected chi connectivity index (χ1v) is 27.9. The normalized spacial score (nSPS) is 9.61. The van der Waals surface area contributed by atoms with Crippen molar-refractivity contribution in [2.75, 3.05) is 0 Å². The van der Waals surface area contributed by atoms with Crippen LogP contribution in [0.15, 0.2) is 177 Å². The van der Waals surface area contributed by atoms with Crippen LogP contribution in [0.5, 0.6) is 0 Å². The zero-order valence-corrected chi connectivity index (χ0v) is 54.0. The second kappa shape index (κ2) is 41.7. The van der Waals surface area contributed by atoms with E-state index >= 15 is 0 Å². The maximum atomic E-state index is 12.0. The van der Waals surface area contributed by atoms with Crippen molar-refractivity contribution in [3.8, 4) is 0 Å². The van der Waals surface area contributed by atoms with Gasteiger partial charge < -0.3 is 0 Å². The number of hydrogen-bond acceptors (Lipinski definition) is 10. The van der Waals surface area contributed by atoms with Gasteiger partial charge in [-0.3, -0.25) is 39.9 Å². The third-order valence-corrected chi connectivity index (χ3v) is 11.8. The zero-order chi connectivity index (χ0) is 63.2. The molecule has 18 heteroatoms. The molecule has 0 saturated carbocycles. The molecule has 0 radical (unpaired) electrons. The van der Waals surface area contributed by atoms with Crippen molar-refractivity contribution in [2.24, 2.45) is 0 Å². The Labute approximate surface area is 520 Å². The number of rotatable bonds is 0. The van der Waals surface area contributed by atoms with Crippen LogP contribution < -0.4 is 0 Å². The van der Waals surface area contributed by atoms with Crippen molar-refractivity contribution in [1.82, 2.24) is 49.8 Å². The summed E-state index contributed by atoms with van der Waals surface area (Å²) in [5, 5.41) is 1.78. The molecule has 0 fully saturated rings. The minimum Gasteiger partial charge on any atom is -0.264 e. The van der Waals surface area contributed by atoms with Crippen LogP contribution in [-0.4, -0.2) is 49.8 Å². The highest BCUT2D eigenvalue weighted by molar-refractivity contribution is 6.41. The standard InChI is InChI=1S/C7H5ClF3N.5C7H9N.2C6H5Cl2N.2C6H7N/c1-4-6(8)2-5(3-12-4)7(9,10)11;1-6-3-7(2)5-8-4-6;1-6-3-4-8-7(2)5-6;2*1-6-3-4-7(2)8-5-6;1-6-4-3-5-7(2)8-6;1-4-2-5(7)6(8)9-3-4;1-4-2-3-5(7)6(8)9-4;1-6-3-2-4-7-5-6;1-6-4-2-3-5-7-6/h2-3H,1H3;5*3-5H,1-2H3;2*2-3H,1H3;2*2-5H,1H3. The summed E-state index contributed by atoms with van der Waals surface area (Å²) in [5.74, 6) is 0. The van der Waals surface area contributed by atoms with E-state index in [4.69, 9.17) is 58.0 Å². The average Bonchev–Trinajstić information content (AvgIpc) is 3.44. The van der Waals surface area contributed by atoms with Crippen molar-refractivity contribution in [1.29, 1.82) is 0 Å². The number of nitrogens with zero attached hydrogens (tertiary/aromatic N) is 10. The van der Waals surface area contributed by atoms with Crippen LogP contribution in [0, 0.1) is 104 Å². The Morgan fingerprint density at radius 1 is 0.298 bits per heavy atom. The number of aryl methyl sites for hydroxylation is 15. The Hall–Kier alpha value is -7.26. The largest absolute Gasteiger partial charge is 0.417 e. The van der Waals surface area contributed by atoms with E-state index in [2.05, 4.69) is 81.0 Å². The first kappa shape index (κ1) is 74.8. The van der Waals surface area contributed by atoms with Crippen molar-refractivity contribution in [3.63, 3.8) is 0 Å². The highest BCUT2D eigenvalue weighted by Gasteiger charge is 2.31. The van der Waals surface area contributed by atoms with Gasteiger partial charge in [-0.1, -0.05) is 94.4 Å². The first-order valence-electron chi connectivity index (χ1n) is 26.0. The fourth-order valence-electron chi connectivity index (χ4n) is 5.74. The summed E-state index contributed by atoms with van der Waals surface area (Å²) in [6.45, 7) is 29.5. The molecule has 10 aromatic rings. The molecule has 10 aromatic heterocycles. The van der Waals surface area contributed by atoms with Crippen LogP contribution in [0.1, 0.15) is 90.1 Å². The first-order chi connectivity index (χ1) is 39.5. The number of aromatic nitrogens is 10. The lowest BCUT2D eigenvalue weighted by Gasteiger charge is -2.06. The van der Waals surface area contributed by atoms with Crippen molar-refractivity contribution in [2.45, 2.75) is 110 Å². The smallest absolute Gasteiger partial charge is 0.264 e. The van der Waals surface area contributed by atoms with Crippen LogP contribution in [0.25, 0.3) is 0 Å². The van der Waals surface area contributed by atoms with Gasteiger partial charge in [0.15, 0.2) is 0 Å². The van der Waals surface area contributed by atoms with Gasteiger partial charge >= 0.3 is 6.18 Å². The Morgan fingerprint density at radius 3 is 1.12 bits per heavy atom. The highest BCUT2D eigenvalue weighted by atomic mass is 35.5. The maximum absolute atomic E-state index is 12.0. The fraction of sp³-hybridized carbons (Fsp3) is 0.242. The summed E-state index contributed by atoms with van der Waals surface area (Å²) in [4.78, 5) is 39.4. The van der Waals surface area contributed by atoms with Gasteiger partial charge in [-0.2, -0.15) is 13.2 Å². The molecule has 444 valence electrons. The molecule has 10 nitrogen and oxygen atoms in total. The molecule has 10 heterocycles. The Bertz CT molecular complexity index is 3070. The van der Waals surface area contributed by atoms with Gasteiger partial charge in [-0.25, -0.2) is 9.97 Å². The quantitative estimate of drug-likeness (QED) is 0.135. The van der Waals surface area contributed by atoms with Crippen molar-refractivity contribution < 1.29 is 13.2 Å². The fourth-order valence-corrected chi connectivity index (χ4v) is 6.53. The molecule has 0 atom stereocenters. The average molecular weight is 1240 g/mol. The number of hydrogen-bond donors (Lipinski definition) is 0. The molecule has 0 spiro atoms. The molecule has 84 heavy (non-hydrogen) atoms. The van der Waals surface area contributed by atoms with Crippen LogP contribution in [0.2, 0.25) is 25.4 Å². The van der Waals surface area contributed by atoms with E-state index in [-0.39, 0.29) is 5.02 Å². The van der Waals surface area contributed by atoms with Gasteiger partial charge in [0.1, 0.15) is 10.3 Å². The lowest BCUT2D eigenvalue weighted by Crippen LogP contribution is -2.05. The molecule has 0 unspecified atom stereocenters. The molecule has 0 aromatic carbocycles. The monoisotopic (exact) mass is 1240 g/mol. The third kappa shape index (κ3) is 37.8.